The van der Waals surface area contributed by atoms with Gasteiger partial charge in [-0.1, -0.05) is 18.2 Å². The van der Waals surface area contributed by atoms with Gasteiger partial charge in [0.05, 0.1) is 18.9 Å². The van der Waals surface area contributed by atoms with Gasteiger partial charge in [-0.2, -0.15) is 0 Å². The molecule has 0 bridgehead atoms. The molecule has 0 aliphatic rings. The maximum Gasteiger partial charge on any atom is 0.396 e. The van der Waals surface area contributed by atoms with Crippen LogP contribution < -0.4 is 5.50 Å². The number of rotatable bonds is 6. The second-order valence-corrected chi connectivity index (χ2v) is 6.69. The van der Waals surface area contributed by atoms with Crippen molar-refractivity contribution >= 4 is 24.0 Å². The van der Waals surface area contributed by atoms with Crippen molar-refractivity contribution in [3.8, 4) is 11.5 Å². The van der Waals surface area contributed by atoms with Gasteiger partial charge < -0.3 is 18.4 Å². The average Bonchev–Trinajstić information content (AvgIpc) is 3.14. The van der Waals surface area contributed by atoms with Gasteiger partial charge in [0.15, 0.2) is 5.76 Å². The number of para-hydroxylation sites is 1. The molecule has 116 valence electrons. The summed E-state index contributed by atoms with van der Waals surface area (Å²) in [6.45, 7) is 4.12. The fourth-order valence-electron chi connectivity index (χ4n) is 2.33. The third kappa shape index (κ3) is 2.75. The summed E-state index contributed by atoms with van der Waals surface area (Å²) in [4.78, 5) is 3.28. The van der Waals surface area contributed by atoms with E-state index in [4.69, 9.17) is 13.5 Å². The number of fused-ring (bicyclic) bond motifs is 1. The van der Waals surface area contributed by atoms with Crippen LogP contribution in [0.2, 0.25) is 0 Å². The molecule has 0 atom stereocenters. The molecule has 5 nitrogen and oxygen atoms in total. The van der Waals surface area contributed by atoms with Crippen LogP contribution in [0.1, 0.15) is 13.8 Å². The van der Waals surface area contributed by atoms with Gasteiger partial charge in [-0.15, -0.1) is 0 Å². The Morgan fingerprint density at radius 3 is 2.50 bits per heavy atom. The van der Waals surface area contributed by atoms with Crippen molar-refractivity contribution in [3.63, 3.8) is 0 Å². The number of H-pyrrole nitrogens is 1. The Bertz CT molecular complexity index is 777. The maximum absolute atomic E-state index is 12.7. The summed E-state index contributed by atoms with van der Waals surface area (Å²) < 4.78 is 29.0. The Morgan fingerprint density at radius 1 is 1.09 bits per heavy atom. The lowest BCUT2D eigenvalue weighted by Crippen LogP contribution is -2.08. The first-order chi connectivity index (χ1) is 10.7. The summed E-state index contributed by atoms with van der Waals surface area (Å²) in [6, 6.07) is 13.4. The van der Waals surface area contributed by atoms with Crippen molar-refractivity contribution in [1.82, 2.24) is 4.98 Å². The maximum atomic E-state index is 12.7. The van der Waals surface area contributed by atoms with Crippen LogP contribution in [-0.4, -0.2) is 18.2 Å². The number of furan rings is 1. The predicted octanol–water partition coefficient (Wildman–Crippen LogP) is 4.32. The van der Waals surface area contributed by atoms with E-state index in [2.05, 4.69) is 4.98 Å². The molecule has 1 aromatic carbocycles. The van der Waals surface area contributed by atoms with E-state index in [-0.39, 0.29) is 5.50 Å². The van der Waals surface area contributed by atoms with Gasteiger partial charge in [0.1, 0.15) is 0 Å². The first-order valence-electron chi connectivity index (χ1n) is 7.24. The summed E-state index contributed by atoms with van der Waals surface area (Å²) >= 11 is 0. The zero-order valence-corrected chi connectivity index (χ0v) is 13.4. The molecule has 0 radical (unpaired) electrons. The Morgan fingerprint density at radius 2 is 1.82 bits per heavy atom. The number of hydrogen-bond acceptors (Lipinski definition) is 4. The molecule has 0 amide bonds. The van der Waals surface area contributed by atoms with Crippen molar-refractivity contribution in [3.05, 3.63) is 42.5 Å². The topological polar surface area (TPSA) is 64.5 Å². The normalized spacial score (nSPS) is 12.1. The van der Waals surface area contributed by atoms with E-state index in [1.165, 1.54) is 0 Å². The molecule has 22 heavy (non-hydrogen) atoms. The molecule has 0 unspecified atom stereocenters. The smallest absolute Gasteiger partial charge is 0.396 e. The van der Waals surface area contributed by atoms with Crippen LogP contribution in [0.3, 0.4) is 0 Å². The highest BCUT2D eigenvalue weighted by molar-refractivity contribution is 7.61. The van der Waals surface area contributed by atoms with E-state index in [1.54, 1.807) is 26.0 Å². The Balaban J connectivity index is 1.97. The summed E-state index contributed by atoms with van der Waals surface area (Å²) in [5.74, 6) is 0.603. The first kappa shape index (κ1) is 15.1. The minimum atomic E-state index is -3.39. The van der Waals surface area contributed by atoms with Crippen LogP contribution in [0.5, 0.6) is 0 Å². The standard InChI is InChI=1S/C16H18NO4P/c1-3-19-22(18,20-4-2)16-10-9-15(21-16)14-11-12-7-5-6-8-13(12)17-14/h5-11,17H,3-4H2,1-2H3. The van der Waals surface area contributed by atoms with Gasteiger partial charge in [0.25, 0.3) is 0 Å². The van der Waals surface area contributed by atoms with Gasteiger partial charge in [-0.25, -0.2) is 0 Å². The minimum Gasteiger partial charge on any atom is -0.447 e. The molecule has 3 rings (SSSR count). The van der Waals surface area contributed by atoms with Crippen molar-refractivity contribution < 1.29 is 18.0 Å². The number of nitrogens with one attached hydrogen (secondary N) is 1. The largest absolute Gasteiger partial charge is 0.447 e. The zero-order valence-electron chi connectivity index (χ0n) is 12.5. The van der Waals surface area contributed by atoms with E-state index < -0.39 is 7.60 Å². The second-order valence-electron chi connectivity index (χ2n) is 4.74. The van der Waals surface area contributed by atoms with E-state index >= 15 is 0 Å². The molecule has 0 aliphatic heterocycles. The number of aromatic amines is 1. The highest BCUT2D eigenvalue weighted by Gasteiger charge is 2.31. The molecule has 3 aromatic rings. The predicted molar refractivity (Wildman–Crippen MR) is 86.5 cm³/mol. The summed E-state index contributed by atoms with van der Waals surface area (Å²) in [5, 5.41) is 1.09. The Labute approximate surface area is 128 Å². The van der Waals surface area contributed by atoms with Crippen molar-refractivity contribution in [2.45, 2.75) is 13.8 Å². The van der Waals surface area contributed by atoms with Crippen LogP contribution in [0, 0.1) is 0 Å². The minimum absolute atomic E-state index is 0.227. The Kier molecular flexibility index (Phi) is 4.21. The van der Waals surface area contributed by atoms with Gasteiger partial charge in [0, 0.05) is 10.9 Å². The number of hydrogen-bond donors (Lipinski definition) is 1. The zero-order chi connectivity index (χ0) is 15.6. The van der Waals surface area contributed by atoms with Crippen LogP contribution in [-0.2, 0) is 13.6 Å². The first-order valence-corrected chi connectivity index (χ1v) is 8.78. The highest BCUT2D eigenvalue weighted by Crippen LogP contribution is 2.47. The van der Waals surface area contributed by atoms with Crippen molar-refractivity contribution in [2.24, 2.45) is 0 Å². The van der Waals surface area contributed by atoms with Gasteiger partial charge in [-0.3, -0.25) is 4.57 Å². The molecule has 0 saturated carbocycles. The van der Waals surface area contributed by atoms with Crippen LogP contribution in [0.15, 0.2) is 46.9 Å². The SMILES string of the molecule is CCOP(=O)(OCC)c1ccc(-c2cc3ccccc3[nH]2)o1. The molecule has 0 spiro atoms. The fraction of sp³-hybridized carbons (Fsp3) is 0.250. The van der Waals surface area contributed by atoms with E-state index in [0.717, 1.165) is 16.6 Å². The van der Waals surface area contributed by atoms with E-state index in [0.29, 0.717) is 19.0 Å². The molecule has 2 aromatic heterocycles. The third-order valence-corrected chi connectivity index (χ3v) is 5.23. The second kappa shape index (κ2) is 6.13. The fourth-order valence-corrected chi connectivity index (χ4v) is 3.81. The van der Waals surface area contributed by atoms with Crippen molar-refractivity contribution in [2.75, 3.05) is 13.2 Å². The Hall–Kier alpha value is -1.81. The van der Waals surface area contributed by atoms with Crippen LogP contribution >= 0.6 is 7.60 Å². The van der Waals surface area contributed by atoms with Crippen molar-refractivity contribution in [1.29, 1.82) is 0 Å². The average molecular weight is 319 g/mol. The van der Waals surface area contributed by atoms with Gasteiger partial charge in [0.2, 0.25) is 5.50 Å². The van der Waals surface area contributed by atoms with Gasteiger partial charge in [-0.05, 0) is 38.1 Å². The quantitative estimate of drug-likeness (QED) is 0.687. The molecule has 0 saturated heterocycles. The van der Waals surface area contributed by atoms with Gasteiger partial charge >= 0.3 is 7.60 Å². The molecule has 1 N–H and O–H groups in total. The molecular formula is C16H18NO4P. The summed E-state index contributed by atoms with van der Waals surface area (Å²) in [6.07, 6.45) is 0. The molecule has 0 aliphatic carbocycles. The van der Waals surface area contributed by atoms with E-state index in [1.807, 2.05) is 30.3 Å². The highest BCUT2D eigenvalue weighted by atomic mass is 31.2. The lowest BCUT2D eigenvalue weighted by Gasteiger charge is -2.13. The molecule has 2 heterocycles. The lowest BCUT2D eigenvalue weighted by atomic mass is 10.2. The monoisotopic (exact) mass is 319 g/mol. The third-order valence-electron chi connectivity index (χ3n) is 3.26. The number of benzene rings is 1. The summed E-state index contributed by atoms with van der Waals surface area (Å²) in [7, 11) is -3.39. The lowest BCUT2D eigenvalue weighted by molar-refractivity contribution is 0.225. The molecular weight excluding hydrogens is 301 g/mol. The molecule has 0 fully saturated rings. The number of aromatic nitrogens is 1. The van der Waals surface area contributed by atoms with Crippen LogP contribution in [0.25, 0.3) is 22.4 Å². The molecule has 6 heteroatoms. The van der Waals surface area contributed by atoms with Crippen LogP contribution in [0.4, 0.5) is 0 Å². The van der Waals surface area contributed by atoms with E-state index in [9.17, 15) is 4.57 Å². The summed E-state index contributed by atoms with van der Waals surface area (Å²) in [5.41, 5.74) is 2.07.